The van der Waals surface area contributed by atoms with Gasteiger partial charge in [0, 0.05) is 18.2 Å². The third-order valence-electron chi connectivity index (χ3n) is 4.65. The van der Waals surface area contributed by atoms with Gasteiger partial charge >= 0.3 is 14.3 Å². The number of alkyl halides is 2. The van der Waals surface area contributed by atoms with Crippen molar-refractivity contribution in [2.24, 2.45) is 0 Å². The van der Waals surface area contributed by atoms with Crippen molar-refractivity contribution in [2.75, 3.05) is 12.3 Å². The van der Waals surface area contributed by atoms with Crippen LogP contribution >= 0.6 is 8.60 Å². The van der Waals surface area contributed by atoms with Crippen LogP contribution in [0.25, 0.3) is 0 Å². The maximum absolute atomic E-state index is 13.9. The van der Waals surface area contributed by atoms with Crippen LogP contribution in [0.2, 0.25) is 0 Å². The first-order valence-electron chi connectivity index (χ1n) is 8.68. The molecule has 1 fully saturated rings. The maximum atomic E-state index is 13.9. The second-order valence-electron chi connectivity index (χ2n) is 6.66. The van der Waals surface area contributed by atoms with E-state index in [9.17, 15) is 18.7 Å². The summed E-state index contributed by atoms with van der Waals surface area (Å²) < 4.78 is 50.6. The minimum atomic E-state index is -2.99. The van der Waals surface area contributed by atoms with E-state index in [0.29, 0.717) is 5.75 Å². The molecule has 1 saturated heterocycles. The van der Waals surface area contributed by atoms with E-state index in [2.05, 4.69) is 4.98 Å². The average Bonchev–Trinajstić information content (AvgIpc) is 3.04. The van der Waals surface area contributed by atoms with Crippen LogP contribution in [0.5, 0.6) is 5.75 Å². The number of rotatable bonds is 5. The molecular formula is C17H18F2N3O6P. The van der Waals surface area contributed by atoms with Crippen molar-refractivity contribution in [2.45, 2.75) is 37.4 Å². The van der Waals surface area contributed by atoms with Crippen LogP contribution in [0.4, 0.5) is 14.6 Å². The number of ether oxygens (including phenoxy) is 1. The highest BCUT2D eigenvalue weighted by Gasteiger charge is 2.54. The molecule has 12 heteroatoms. The number of hydrogen-bond donors (Lipinski definition) is 2. The number of nitrogens with zero attached hydrogens (tertiary/aromatic N) is 2. The number of aliphatic hydroxyl groups is 1. The topological polar surface area (TPSA) is 118 Å². The van der Waals surface area contributed by atoms with Gasteiger partial charge in [0.15, 0.2) is 11.8 Å². The Morgan fingerprint density at radius 1 is 1.41 bits per heavy atom. The van der Waals surface area contributed by atoms with E-state index in [1.807, 2.05) is 12.1 Å². The van der Waals surface area contributed by atoms with E-state index in [1.54, 1.807) is 12.1 Å². The quantitative estimate of drug-likeness (QED) is 0.693. The van der Waals surface area contributed by atoms with E-state index < -0.39 is 51.7 Å². The molecule has 3 N–H and O–H groups in total. The molecule has 2 aromatic rings. The molecule has 29 heavy (non-hydrogen) atoms. The SMILES string of the molecule is Nc1ccn(C2OC(COP3OCc4ccccc4O3)(C(F)F)CC2O)c(=O)n1. The summed E-state index contributed by atoms with van der Waals surface area (Å²) in [4.78, 5) is 15.5. The van der Waals surface area contributed by atoms with Crippen LogP contribution in [-0.2, 0) is 20.4 Å². The summed E-state index contributed by atoms with van der Waals surface area (Å²) in [5, 5.41) is 10.3. The molecule has 9 nitrogen and oxygen atoms in total. The molecule has 4 rings (SSSR count). The third kappa shape index (κ3) is 3.96. The number of halogens is 2. The molecule has 3 heterocycles. The number of para-hydroxylation sites is 1. The smallest absolute Gasteiger partial charge is 0.397 e. The van der Waals surface area contributed by atoms with E-state index in [4.69, 9.17) is 24.0 Å². The Bertz CT molecular complexity index is 947. The number of hydrogen-bond acceptors (Lipinski definition) is 8. The number of anilines is 1. The first-order valence-corrected chi connectivity index (χ1v) is 9.78. The average molecular weight is 429 g/mol. The fourth-order valence-corrected chi connectivity index (χ4v) is 4.23. The fraction of sp³-hybridized carbons (Fsp3) is 0.412. The molecule has 1 aromatic heterocycles. The molecule has 2 aliphatic heterocycles. The normalized spacial score (nSPS) is 28.9. The van der Waals surface area contributed by atoms with Crippen LogP contribution in [0, 0.1) is 0 Å². The minimum Gasteiger partial charge on any atom is -0.426 e. The molecular weight excluding hydrogens is 411 g/mol. The molecule has 1 aromatic carbocycles. The van der Waals surface area contributed by atoms with Gasteiger partial charge in [-0.25, -0.2) is 13.6 Å². The number of nitrogens with two attached hydrogens (primary N) is 1. The van der Waals surface area contributed by atoms with Gasteiger partial charge in [0.2, 0.25) is 0 Å². The summed E-state index contributed by atoms with van der Waals surface area (Å²) in [7, 11) is -1.92. The van der Waals surface area contributed by atoms with Gasteiger partial charge in [-0.05, 0) is 12.1 Å². The number of fused-ring (bicyclic) bond motifs is 1. The monoisotopic (exact) mass is 429 g/mol. The Morgan fingerprint density at radius 2 is 2.21 bits per heavy atom. The Morgan fingerprint density at radius 3 is 2.97 bits per heavy atom. The molecule has 0 spiro atoms. The zero-order valence-electron chi connectivity index (χ0n) is 15.0. The van der Waals surface area contributed by atoms with E-state index in [-0.39, 0.29) is 12.4 Å². The molecule has 4 atom stereocenters. The summed E-state index contributed by atoms with van der Waals surface area (Å²) in [5.74, 6) is 0.526. The van der Waals surface area contributed by atoms with Gasteiger partial charge in [0.05, 0.1) is 13.2 Å². The predicted octanol–water partition coefficient (Wildman–Crippen LogP) is 1.96. The zero-order valence-corrected chi connectivity index (χ0v) is 15.9. The van der Waals surface area contributed by atoms with Gasteiger partial charge in [-0.2, -0.15) is 4.98 Å². The Hall–Kier alpha value is -2.17. The van der Waals surface area contributed by atoms with Gasteiger partial charge in [0.25, 0.3) is 6.43 Å². The molecule has 4 unspecified atom stereocenters. The van der Waals surface area contributed by atoms with Crippen LogP contribution in [0.1, 0.15) is 18.2 Å². The highest BCUT2D eigenvalue weighted by atomic mass is 31.2. The Kier molecular flexibility index (Phi) is 5.50. The molecule has 0 aliphatic carbocycles. The molecule has 0 saturated carbocycles. The first-order chi connectivity index (χ1) is 13.9. The molecule has 0 amide bonds. The maximum Gasteiger partial charge on any atom is 0.397 e. The lowest BCUT2D eigenvalue weighted by molar-refractivity contribution is -0.170. The highest BCUT2D eigenvalue weighted by molar-refractivity contribution is 7.42. The Labute approximate surface area is 165 Å². The second kappa shape index (κ2) is 7.92. The zero-order chi connectivity index (χ0) is 20.6. The first kappa shape index (κ1) is 20.1. The third-order valence-corrected chi connectivity index (χ3v) is 5.67. The molecule has 0 radical (unpaired) electrons. The van der Waals surface area contributed by atoms with Crippen molar-refractivity contribution in [1.82, 2.24) is 9.55 Å². The summed E-state index contributed by atoms with van der Waals surface area (Å²) in [5.41, 5.74) is 3.29. The van der Waals surface area contributed by atoms with Crippen LogP contribution in [0.3, 0.4) is 0 Å². The van der Waals surface area contributed by atoms with Crippen molar-refractivity contribution < 1.29 is 32.2 Å². The van der Waals surface area contributed by atoms with Crippen LogP contribution in [-0.4, -0.2) is 39.4 Å². The summed E-state index contributed by atoms with van der Waals surface area (Å²) >= 11 is 0. The largest absolute Gasteiger partial charge is 0.426 e. The van der Waals surface area contributed by atoms with Crippen molar-refractivity contribution >= 4 is 14.4 Å². The number of aromatic nitrogens is 2. The van der Waals surface area contributed by atoms with Gasteiger partial charge < -0.3 is 20.1 Å². The Balaban J connectivity index is 1.48. The van der Waals surface area contributed by atoms with Crippen molar-refractivity contribution in [1.29, 1.82) is 0 Å². The predicted molar refractivity (Wildman–Crippen MR) is 97.1 cm³/mol. The van der Waals surface area contributed by atoms with Crippen LogP contribution < -0.4 is 15.9 Å². The molecule has 2 aliphatic rings. The molecule has 0 bridgehead atoms. The van der Waals surface area contributed by atoms with E-state index in [1.165, 1.54) is 12.3 Å². The number of benzene rings is 1. The summed E-state index contributed by atoms with van der Waals surface area (Å²) in [6.45, 7) is -0.370. The standard InChI is InChI=1S/C17H18F2N3O6P/c18-15(19)17(9-26-29-25-8-10-3-1-2-4-12(10)28-29)7-11(23)14(27-17)22-6-5-13(20)21-16(22)24/h1-6,11,14-15,23H,7-9H2,(H2,20,21,24). The van der Waals surface area contributed by atoms with Crippen molar-refractivity contribution in [3.05, 3.63) is 52.6 Å². The van der Waals surface area contributed by atoms with Crippen molar-refractivity contribution in [3.8, 4) is 5.75 Å². The van der Waals surface area contributed by atoms with Gasteiger partial charge in [-0.15, -0.1) is 0 Å². The molecule has 156 valence electrons. The lowest BCUT2D eigenvalue weighted by atomic mass is 10.0. The van der Waals surface area contributed by atoms with E-state index in [0.717, 1.165) is 10.1 Å². The highest BCUT2D eigenvalue weighted by Crippen LogP contribution is 2.49. The lowest BCUT2D eigenvalue weighted by Gasteiger charge is -2.30. The number of nitrogen functional groups attached to an aromatic ring is 1. The van der Waals surface area contributed by atoms with E-state index >= 15 is 0 Å². The lowest BCUT2D eigenvalue weighted by Crippen LogP contribution is -2.42. The number of aliphatic hydroxyl groups excluding tert-OH is 1. The summed E-state index contributed by atoms with van der Waals surface area (Å²) in [6, 6.07) is 8.46. The van der Waals surface area contributed by atoms with Gasteiger partial charge in [-0.1, -0.05) is 18.2 Å². The second-order valence-corrected chi connectivity index (χ2v) is 7.80. The summed E-state index contributed by atoms with van der Waals surface area (Å²) in [6.07, 6.45) is -4.94. The minimum absolute atomic E-state index is 0.0307. The van der Waals surface area contributed by atoms with Gasteiger partial charge in [0.1, 0.15) is 17.7 Å². The van der Waals surface area contributed by atoms with Gasteiger partial charge in [-0.3, -0.25) is 13.6 Å². The van der Waals surface area contributed by atoms with Crippen molar-refractivity contribution in [3.63, 3.8) is 0 Å². The van der Waals surface area contributed by atoms with Crippen LogP contribution in [0.15, 0.2) is 41.3 Å². The fourth-order valence-electron chi connectivity index (χ4n) is 3.15.